The number of rotatable bonds is 3. The van der Waals surface area contributed by atoms with Gasteiger partial charge in [0.25, 0.3) is 0 Å². The number of hydrogen-bond acceptors (Lipinski definition) is 6. The molecule has 0 spiro atoms. The number of piperazine rings is 1. The third kappa shape index (κ3) is 3.26. The molecule has 1 N–H and O–H groups in total. The lowest BCUT2D eigenvalue weighted by atomic mass is 10.2. The molecule has 0 aromatic carbocycles. The van der Waals surface area contributed by atoms with Gasteiger partial charge in [0.15, 0.2) is 5.65 Å². The lowest BCUT2D eigenvalue weighted by molar-refractivity contribution is 0.354. The second-order valence-electron chi connectivity index (χ2n) is 6.79. The standard InChI is InChI=1S/C19H25N7/c1-4-15(16-5-6-18-21-13(2)12-26(18)24-16)23-17-11-19(22-14(17)3)25-9-7-20-8-10-25/h5-6,12,20H,4,7-11H2,1-3H3. The van der Waals surface area contributed by atoms with Crippen LogP contribution in [0, 0.1) is 6.92 Å². The van der Waals surface area contributed by atoms with Crippen LogP contribution in [0.2, 0.25) is 0 Å². The van der Waals surface area contributed by atoms with Crippen LogP contribution in [0.4, 0.5) is 0 Å². The summed E-state index contributed by atoms with van der Waals surface area (Å²) in [5.74, 6) is 1.15. The smallest absolute Gasteiger partial charge is 0.153 e. The normalized spacial score (nSPS) is 18.8. The van der Waals surface area contributed by atoms with Gasteiger partial charge in [0.05, 0.1) is 29.0 Å². The molecule has 4 heterocycles. The predicted octanol–water partition coefficient (Wildman–Crippen LogP) is 2.18. The SMILES string of the molecule is CCC(=NC1=C(C)N=C(N2CCNCC2)C1)c1ccc2nc(C)cn2n1. The van der Waals surface area contributed by atoms with Gasteiger partial charge in [-0.15, -0.1) is 0 Å². The maximum Gasteiger partial charge on any atom is 0.153 e. The molecule has 0 atom stereocenters. The Morgan fingerprint density at radius 2 is 2.04 bits per heavy atom. The first-order chi connectivity index (χ1) is 12.6. The average molecular weight is 351 g/mol. The lowest BCUT2D eigenvalue weighted by Gasteiger charge is -2.29. The molecular formula is C19H25N7. The number of amidine groups is 1. The molecule has 0 aliphatic carbocycles. The predicted molar refractivity (Wildman–Crippen MR) is 104 cm³/mol. The van der Waals surface area contributed by atoms with Gasteiger partial charge in [-0.2, -0.15) is 5.10 Å². The Labute approximate surface area is 153 Å². The van der Waals surface area contributed by atoms with Gasteiger partial charge in [-0.1, -0.05) is 6.92 Å². The Morgan fingerprint density at radius 1 is 1.23 bits per heavy atom. The van der Waals surface area contributed by atoms with Gasteiger partial charge in [0.1, 0.15) is 11.5 Å². The summed E-state index contributed by atoms with van der Waals surface area (Å²) in [5.41, 5.74) is 5.79. The minimum absolute atomic E-state index is 0.807. The molecule has 0 saturated carbocycles. The summed E-state index contributed by atoms with van der Waals surface area (Å²) in [5, 5.41) is 8.07. The summed E-state index contributed by atoms with van der Waals surface area (Å²) in [6.45, 7) is 10.2. The molecule has 26 heavy (non-hydrogen) atoms. The van der Waals surface area contributed by atoms with Crippen LogP contribution in [0.1, 0.15) is 38.1 Å². The number of aryl methyl sites for hydroxylation is 1. The van der Waals surface area contributed by atoms with Gasteiger partial charge in [-0.3, -0.25) is 4.99 Å². The van der Waals surface area contributed by atoms with E-state index < -0.39 is 0 Å². The second-order valence-corrected chi connectivity index (χ2v) is 6.79. The summed E-state index contributed by atoms with van der Waals surface area (Å²) in [4.78, 5) is 16.5. The molecule has 7 nitrogen and oxygen atoms in total. The van der Waals surface area contributed by atoms with Gasteiger partial charge < -0.3 is 10.2 Å². The average Bonchev–Trinajstić information content (AvgIpc) is 3.21. The summed E-state index contributed by atoms with van der Waals surface area (Å²) in [6, 6.07) is 4.01. The van der Waals surface area contributed by atoms with E-state index in [1.807, 2.05) is 29.8 Å². The fourth-order valence-corrected chi connectivity index (χ4v) is 3.44. The van der Waals surface area contributed by atoms with Gasteiger partial charge in [-0.25, -0.2) is 14.5 Å². The minimum atomic E-state index is 0.807. The molecule has 0 unspecified atom stereocenters. The zero-order valence-electron chi connectivity index (χ0n) is 15.7. The van der Waals surface area contributed by atoms with E-state index in [0.717, 1.165) is 79.0 Å². The molecule has 2 aromatic heterocycles. The Morgan fingerprint density at radius 3 is 2.81 bits per heavy atom. The molecule has 1 saturated heterocycles. The number of nitrogens with zero attached hydrogens (tertiary/aromatic N) is 6. The van der Waals surface area contributed by atoms with Crippen molar-refractivity contribution in [3.05, 3.63) is 41.1 Å². The first kappa shape index (κ1) is 16.9. The van der Waals surface area contributed by atoms with Crippen LogP contribution in [-0.2, 0) is 0 Å². The number of nitrogens with one attached hydrogen (secondary N) is 1. The maximum atomic E-state index is 4.95. The molecule has 2 aliphatic rings. The summed E-state index contributed by atoms with van der Waals surface area (Å²) in [7, 11) is 0. The molecule has 0 radical (unpaired) electrons. The van der Waals surface area contributed by atoms with Gasteiger partial charge in [0.2, 0.25) is 0 Å². The van der Waals surface area contributed by atoms with Crippen LogP contribution >= 0.6 is 0 Å². The number of aromatic nitrogens is 3. The highest BCUT2D eigenvalue weighted by Gasteiger charge is 2.22. The van der Waals surface area contributed by atoms with Crippen LogP contribution in [0.15, 0.2) is 39.7 Å². The van der Waals surface area contributed by atoms with E-state index in [1.54, 1.807) is 0 Å². The van der Waals surface area contributed by atoms with Gasteiger partial charge >= 0.3 is 0 Å². The van der Waals surface area contributed by atoms with E-state index in [2.05, 4.69) is 34.1 Å². The van der Waals surface area contributed by atoms with E-state index in [4.69, 9.17) is 9.98 Å². The minimum Gasteiger partial charge on any atom is -0.357 e. The van der Waals surface area contributed by atoms with Crippen molar-refractivity contribution in [3.8, 4) is 0 Å². The number of imidazole rings is 1. The maximum absolute atomic E-state index is 4.95. The van der Waals surface area contributed by atoms with E-state index in [-0.39, 0.29) is 0 Å². The fraction of sp³-hybridized carbons (Fsp3) is 0.474. The lowest BCUT2D eigenvalue weighted by Crippen LogP contribution is -2.46. The topological polar surface area (TPSA) is 70.2 Å². The van der Waals surface area contributed by atoms with Gasteiger partial charge in [0, 0.05) is 32.6 Å². The second kappa shape index (κ2) is 6.99. The zero-order chi connectivity index (χ0) is 18.1. The van der Waals surface area contributed by atoms with Crippen molar-refractivity contribution in [2.75, 3.05) is 26.2 Å². The summed E-state index contributed by atoms with van der Waals surface area (Å²) < 4.78 is 1.83. The molecule has 7 heteroatoms. The highest BCUT2D eigenvalue weighted by molar-refractivity contribution is 6.00. The highest BCUT2D eigenvalue weighted by atomic mass is 15.3. The molecule has 4 rings (SSSR count). The van der Waals surface area contributed by atoms with E-state index in [0.29, 0.717) is 0 Å². The van der Waals surface area contributed by atoms with E-state index in [1.165, 1.54) is 0 Å². The zero-order valence-corrected chi connectivity index (χ0v) is 15.7. The molecule has 1 fully saturated rings. The Balaban J connectivity index is 1.57. The van der Waals surface area contributed by atoms with Crippen molar-refractivity contribution in [1.29, 1.82) is 0 Å². The first-order valence-corrected chi connectivity index (χ1v) is 9.28. The van der Waals surface area contributed by atoms with Crippen molar-refractivity contribution in [2.45, 2.75) is 33.6 Å². The van der Waals surface area contributed by atoms with E-state index in [9.17, 15) is 0 Å². The number of fused-ring (bicyclic) bond motifs is 1. The first-order valence-electron chi connectivity index (χ1n) is 9.28. The number of allylic oxidation sites excluding steroid dienone is 1. The fourth-order valence-electron chi connectivity index (χ4n) is 3.44. The summed E-state index contributed by atoms with van der Waals surface area (Å²) >= 11 is 0. The molecule has 0 bridgehead atoms. The largest absolute Gasteiger partial charge is 0.357 e. The quantitative estimate of drug-likeness (QED) is 0.861. The Hall–Kier alpha value is -2.54. The Bertz CT molecular complexity index is 913. The molecule has 2 aromatic rings. The van der Waals surface area contributed by atoms with Crippen LogP contribution in [-0.4, -0.2) is 57.2 Å². The van der Waals surface area contributed by atoms with Gasteiger partial charge in [-0.05, 0) is 32.4 Å². The van der Waals surface area contributed by atoms with Crippen LogP contribution in [0.25, 0.3) is 5.65 Å². The van der Waals surface area contributed by atoms with Crippen molar-refractivity contribution < 1.29 is 0 Å². The van der Waals surface area contributed by atoms with Crippen molar-refractivity contribution >= 4 is 17.2 Å². The van der Waals surface area contributed by atoms with Crippen LogP contribution in [0.3, 0.4) is 0 Å². The number of hydrogen-bond donors (Lipinski definition) is 1. The molecule has 2 aliphatic heterocycles. The van der Waals surface area contributed by atoms with Crippen molar-refractivity contribution in [3.63, 3.8) is 0 Å². The molecule has 136 valence electrons. The molecular weight excluding hydrogens is 326 g/mol. The highest BCUT2D eigenvalue weighted by Crippen LogP contribution is 2.24. The van der Waals surface area contributed by atoms with Crippen molar-refractivity contribution in [1.82, 2.24) is 24.8 Å². The third-order valence-corrected chi connectivity index (χ3v) is 4.86. The van der Waals surface area contributed by atoms with Crippen LogP contribution < -0.4 is 5.32 Å². The van der Waals surface area contributed by atoms with Crippen molar-refractivity contribution in [2.24, 2.45) is 9.98 Å². The van der Waals surface area contributed by atoms with E-state index >= 15 is 0 Å². The number of aliphatic imine (C=N–C) groups is 2. The monoisotopic (exact) mass is 351 g/mol. The summed E-state index contributed by atoms with van der Waals surface area (Å²) in [6.07, 6.45) is 3.57. The molecule has 0 amide bonds. The van der Waals surface area contributed by atoms with Crippen LogP contribution in [0.5, 0.6) is 0 Å². The Kier molecular flexibility index (Phi) is 4.55. The third-order valence-electron chi connectivity index (χ3n) is 4.86.